The smallest absolute Gasteiger partial charge is 0.159 e. The molecule has 0 amide bonds. The average Bonchev–Trinajstić information content (AvgIpc) is 2.70. The highest BCUT2D eigenvalue weighted by Crippen LogP contribution is 2.37. The minimum Gasteiger partial charge on any atom is -0.493 e. The van der Waals surface area contributed by atoms with Gasteiger partial charge in [-0.1, -0.05) is 26.8 Å². The molecule has 0 unspecified atom stereocenters. The second-order valence-corrected chi connectivity index (χ2v) is 6.77. The Bertz CT molecular complexity index is 614. The zero-order valence-corrected chi connectivity index (χ0v) is 14.4. The highest BCUT2D eigenvalue weighted by atomic mass is 127. The first-order valence-electron chi connectivity index (χ1n) is 6.61. The number of rotatable bonds is 3. The highest BCUT2D eigenvalue weighted by Gasteiger charge is 2.19. The molecule has 0 aliphatic carbocycles. The molecule has 3 N–H and O–H groups in total. The van der Waals surface area contributed by atoms with Crippen LogP contribution in [0.4, 0.5) is 5.82 Å². The Balaban J connectivity index is 2.61. The molecule has 0 aliphatic heterocycles. The fraction of sp³-hybridized carbons (Fsp3) is 0.400. The highest BCUT2D eigenvalue weighted by molar-refractivity contribution is 14.1. The molecule has 0 spiro atoms. The summed E-state index contributed by atoms with van der Waals surface area (Å²) >= 11 is 2.21. The van der Waals surface area contributed by atoms with E-state index in [2.05, 4.69) is 65.7 Å². The summed E-state index contributed by atoms with van der Waals surface area (Å²) in [5.74, 6) is 1.37. The van der Waals surface area contributed by atoms with E-state index in [0.29, 0.717) is 12.4 Å². The third kappa shape index (κ3) is 2.92. The van der Waals surface area contributed by atoms with Gasteiger partial charge in [-0.25, -0.2) is 0 Å². The van der Waals surface area contributed by atoms with Crippen molar-refractivity contribution < 1.29 is 4.74 Å². The lowest BCUT2D eigenvalue weighted by Crippen LogP contribution is -2.11. The molecule has 2 aromatic rings. The number of H-pyrrole nitrogens is 1. The van der Waals surface area contributed by atoms with Crippen LogP contribution in [0.3, 0.4) is 0 Å². The number of nitrogens with two attached hydrogens (primary N) is 1. The number of nitrogen functional groups attached to an aromatic ring is 1. The number of nitrogens with zero attached hydrogens (tertiary/aromatic N) is 1. The van der Waals surface area contributed by atoms with Gasteiger partial charge in [0.25, 0.3) is 0 Å². The summed E-state index contributed by atoms with van der Waals surface area (Å²) in [6.45, 7) is 9.19. The molecule has 1 aromatic heterocycles. The van der Waals surface area contributed by atoms with Crippen LogP contribution in [0.25, 0.3) is 11.3 Å². The molecule has 0 radical (unpaired) electrons. The Morgan fingerprint density at radius 1 is 1.35 bits per heavy atom. The lowest BCUT2D eigenvalue weighted by molar-refractivity contribution is 0.341. The lowest BCUT2D eigenvalue weighted by atomic mass is 9.85. The molecule has 0 aliphatic rings. The van der Waals surface area contributed by atoms with E-state index in [1.807, 2.05) is 13.0 Å². The second-order valence-electron chi connectivity index (χ2n) is 5.69. The number of anilines is 1. The topological polar surface area (TPSA) is 63.9 Å². The number of aromatic amines is 1. The van der Waals surface area contributed by atoms with Crippen molar-refractivity contribution in [2.24, 2.45) is 0 Å². The number of aromatic nitrogens is 2. The van der Waals surface area contributed by atoms with Gasteiger partial charge in [-0.2, -0.15) is 5.10 Å². The number of hydrogen-bond acceptors (Lipinski definition) is 3. The maximum Gasteiger partial charge on any atom is 0.159 e. The van der Waals surface area contributed by atoms with E-state index >= 15 is 0 Å². The van der Waals surface area contributed by atoms with Crippen molar-refractivity contribution in [1.29, 1.82) is 0 Å². The molecule has 4 nitrogen and oxygen atoms in total. The van der Waals surface area contributed by atoms with Gasteiger partial charge < -0.3 is 10.5 Å². The van der Waals surface area contributed by atoms with E-state index in [1.165, 1.54) is 5.56 Å². The monoisotopic (exact) mass is 385 g/mol. The normalized spacial score (nSPS) is 11.7. The number of nitrogens with one attached hydrogen (secondary N) is 1. The average molecular weight is 385 g/mol. The van der Waals surface area contributed by atoms with Gasteiger partial charge in [0, 0.05) is 5.56 Å². The Kier molecular flexibility index (Phi) is 4.27. The maximum atomic E-state index is 5.84. The standard InChI is InChI=1S/C15H20IN3O/c1-5-20-11-7-6-9(15(2,3)4)8-10(11)13-12(16)14(17)19-18-13/h6-8H,5H2,1-4H3,(H3,17,18,19). The van der Waals surface area contributed by atoms with Crippen molar-refractivity contribution in [3.8, 4) is 17.0 Å². The Morgan fingerprint density at radius 2 is 2.05 bits per heavy atom. The predicted molar refractivity (Wildman–Crippen MR) is 91.0 cm³/mol. The molecule has 5 heteroatoms. The molecule has 2 rings (SSSR count). The number of ether oxygens (including phenoxy) is 1. The molecule has 20 heavy (non-hydrogen) atoms. The van der Waals surface area contributed by atoms with Crippen molar-refractivity contribution in [1.82, 2.24) is 10.2 Å². The van der Waals surface area contributed by atoms with Gasteiger partial charge in [0.2, 0.25) is 0 Å². The molecule has 0 atom stereocenters. The van der Waals surface area contributed by atoms with Crippen LogP contribution in [-0.2, 0) is 5.41 Å². The van der Waals surface area contributed by atoms with Gasteiger partial charge in [-0.3, -0.25) is 5.10 Å². The first kappa shape index (κ1) is 15.2. The first-order chi connectivity index (χ1) is 9.34. The van der Waals surface area contributed by atoms with Crippen LogP contribution in [-0.4, -0.2) is 16.8 Å². The van der Waals surface area contributed by atoms with E-state index in [0.717, 1.165) is 20.6 Å². The van der Waals surface area contributed by atoms with E-state index in [-0.39, 0.29) is 5.41 Å². The number of benzene rings is 1. The molecule has 1 aromatic carbocycles. The Hall–Kier alpha value is -1.24. The van der Waals surface area contributed by atoms with Crippen molar-refractivity contribution in [2.45, 2.75) is 33.1 Å². The molecule has 0 saturated carbocycles. The van der Waals surface area contributed by atoms with Crippen LogP contribution in [0.5, 0.6) is 5.75 Å². The predicted octanol–water partition coefficient (Wildman–Crippen LogP) is 3.96. The van der Waals surface area contributed by atoms with Gasteiger partial charge in [0.15, 0.2) is 5.82 Å². The summed E-state index contributed by atoms with van der Waals surface area (Å²) in [6, 6.07) is 6.29. The summed E-state index contributed by atoms with van der Waals surface area (Å²) in [5, 5.41) is 7.08. The van der Waals surface area contributed by atoms with Crippen molar-refractivity contribution >= 4 is 28.4 Å². The fourth-order valence-corrected chi connectivity index (χ4v) is 2.53. The van der Waals surface area contributed by atoms with Crippen molar-refractivity contribution in [3.63, 3.8) is 0 Å². The molecule has 0 fully saturated rings. The quantitative estimate of drug-likeness (QED) is 0.787. The first-order valence-corrected chi connectivity index (χ1v) is 7.69. The third-order valence-electron chi connectivity index (χ3n) is 3.15. The molecular weight excluding hydrogens is 365 g/mol. The van der Waals surface area contributed by atoms with Crippen LogP contribution in [0.1, 0.15) is 33.3 Å². The van der Waals surface area contributed by atoms with Crippen molar-refractivity contribution in [3.05, 3.63) is 27.3 Å². The lowest BCUT2D eigenvalue weighted by Gasteiger charge is -2.21. The summed E-state index contributed by atoms with van der Waals surface area (Å²) in [6.07, 6.45) is 0. The molecular formula is C15H20IN3O. The van der Waals surface area contributed by atoms with Gasteiger partial charge in [-0.15, -0.1) is 0 Å². The minimum atomic E-state index is 0.0799. The van der Waals surface area contributed by atoms with E-state index in [4.69, 9.17) is 10.5 Å². The fourth-order valence-electron chi connectivity index (χ4n) is 1.99. The molecule has 108 valence electrons. The summed E-state index contributed by atoms with van der Waals surface area (Å²) < 4.78 is 6.66. The zero-order valence-electron chi connectivity index (χ0n) is 12.2. The largest absolute Gasteiger partial charge is 0.493 e. The molecule has 0 saturated heterocycles. The molecule has 0 bridgehead atoms. The van der Waals surface area contributed by atoms with E-state index in [1.54, 1.807) is 0 Å². The van der Waals surface area contributed by atoms with Gasteiger partial charge in [-0.05, 0) is 52.6 Å². The van der Waals surface area contributed by atoms with Crippen LogP contribution >= 0.6 is 22.6 Å². The molecule has 1 heterocycles. The summed E-state index contributed by atoms with van der Waals surface area (Å²) in [5.41, 5.74) is 9.09. The minimum absolute atomic E-state index is 0.0799. The van der Waals surface area contributed by atoms with Gasteiger partial charge >= 0.3 is 0 Å². The summed E-state index contributed by atoms with van der Waals surface area (Å²) in [4.78, 5) is 0. The third-order valence-corrected chi connectivity index (χ3v) is 4.24. The van der Waals surface area contributed by atoms with Gasteiger partial charge in [0.1, 0.15) is 5.75 Å². The van der Waals surface area contributed by atoms with E-state index < -0.39 is 0 Å². The van der Waals surface area contributed by atoms with Crippen molar-refractivity contribution in [2.75, 3.05) is 12.3 Å². The SMILES string of the molecule is CCOc1ccc(C(C)(C)C)cc1-c1[nH]nc(N)c1I. The van der Waals surface area contributed by atoms with Crippen LogP contribution < -0.4 is 10.5 Å². The number of hydrogen-bond donors (Lipinski definition) is 2. The van der Waals surface area contributed by atoms with Crippen LogP contribution in [0.2, 0.25) is 0 Å². The summed E-state index contributed by atoms with van der Waals surface area (Å²) in [7, 11) is 0. The second kappa shape index (κ2) is 5.63. The number of halogens is 1. The Labute approximate surface area is 133 Å². The van der Waals surface area contributed by atoms with E-state index in [9.17, 15) is 0 Å². The zero-order chi connectivity index (χ0) is 14.9. The Morgan fingerprint density at radius 3 is 2.55 bits per heavy atom. The maximum absolute atomic E-state index is 5.84. The van der Waals surface area contributed by atoms with Crippen LogP contribution in [0.15, 0.2) is 18.2 Å². The van der Waals surface area contributed by atoms with Crippen LogP contribution in [0, 0.1) is 3.57 Å². The van der Waals surface area contributed by atoms with Gasteiger partial charge in [0.05, 0.1) is 15.9 Å².